The number of hydrogen-bond donors (Lipinski definition) is 1. The number of amides is 1. The Bertz CT molecular complexity index is 631. The Morgan fingerprint density at radius 1 is 1.41 bits per heavy atom. The van der Waals surface area contributed by atoms with Crippen LogP contribution in [0.15, 0.2) is 30.6 Å². The number of aromatic nitrogens is 3. The molecule has 116 valence electrons. The molecular formula is C14H14F2N4O2. The van der Waals surface area contributed by atoms with E-state index in [1.165, 1.54) is 18.3 Å². The molecule has 1 amide bonds. The third-order valence-electron chi connectivity index (χ3n) is 3.59. The third-order valence-corrected chi connectivity index (χ3v) is 3.59. The van der Waals surface area contributed by atoms with Crippen LogP contribution in [-0.4, -0.2) is 39.1 Å². The molecular weight excluding hydrogens is 294 g/mol. The van der Waals surface area contributed by atoms with E-state index in [0.717, 1.165) is 18.5 Å². The van der Waals surface area contributed by atoms with Gasteiger partial charge in [-0.3, -0.25) is 9.89 Å². The molecule has 0 aliphatic carbocycles. The molecule has 0 bridgehead atoms. The van der Waals surface area contributed by atoms with Gasteiger partial charge in [0, 0.05) is 25.0 Å². The first-order valence-electron chi connectivity index (χ1n) is 6.86. The largest absolute Gasteiger partial charge is 0.417 e. The van der Waals surface area contributed by atoms with Gasteiger partial charge in [0.15, 0.2) is 0 Å². The first kappa shape index (κ1) is 14.4. The number of ether oxygens (including phenoxy) is 1. The molecule has 1 fully saturated rings. The second-order valence-corrected chi connectivity index (χ2v) is 4.93. The van der Waals surface area contributed by atoms with Crippen molar-refractivity contribution in [3.05, 3.63) is 41.9 Å². The van der Waals surface area contributed by atoms with Crippen LogP contribution in [0, 0.1) is 0 Å². The van der Waals surface area contributed by atoms with Crippen LogP contribution in [0.1, 0.15) is 34.9 Å². The minimum Gasteiger partial charge on any atom is -0.417 e. The highest BCUT2D eigenvalue weighted by atomic mass is 19.3. The van der Waals surface area contributed by atoms with Crippen molar-refractivity contribution in [2.45, 2.75) is 25.5 Å². The van der Waals surface area contributed by atoms with Crippen LogP contribution in [0.4, 0.5) is 8.78 Å². The molecule has 8 heteroatoms. The topological polar surface area (TPSA) is 71.1 Å². The summed E-state index contributed by atoms with van der Waals surface area (Å²) in [4.78, 5) is 18.0. The van der Waals surface area contributed by atoms with Gasteiger partial charge in [0.1, 0.15) is 0 Å². The predicted octanol–water partition coefficient (Wildman–Crippen LogP) is 2.38. The second-order valence-electron chi connectivity index (χ2n) is 4.93. The molecule has 1 atom stereocenters. The summed E-state index contributed by atoms with van der Waals surface area (Å²) in [7, 11) is 0. The minimum absolute atomic E-state index is 0.0491. The minimum atomic E-state index is -2.93. The van der Waals surface area contributed by atoms with Gasteiger partial charge in [0.25, 0.3) is 5.91 Å². The van der Waals surface area contributed by atoms with Gasteiger partial charge in [-0.25, -0.2) is 4.98 Å². The molecule has 1 N–H and O–H groups in total. The van der Waals surface area contributed by atoms with E-state index in [2.05, 4.69) is 19.9 Å². The Balaban J connectivity index is 1.75. The molecule has 1 aliphatic rings. The second kappa shape index (κ2) is 6.08. The van der Waals surface area contributed by atoms with Crippen LogP contribution < -0.4 is 4.74 Å². The zero-order valence-electron chi connectivity index (χ0n) is 11.6. The van der Waals surface area contributed by atoms with Gasteiger partial charge in [-0.15, -0.1) is 0 Å². The van der Waals surface area contributed by atoms with Crippen molar-refractivity contribution < 1.29 is 18.3 Å². The lowest BCUT2D eigenvalue weighted by molar-refractivity contribution is -0.0528. The lowest BCUT2D eigenvalue weighted by Crippen LogP contribution is -2.30. The molecule has 0 saturated carbocycles. The molecule has 0 aromatic carbocycles. The van der Waals surface area contributed by atoms with E-state index in [9.17, 15) is 13.6 Å². The molecule has 6 nitrogen and oxygen atoms in total. The Morgan fingerprint density at radius 3 is 2.91 bits per heavy atom. The van der Waals surface area contributed by atoms with Gasteiger partial charge in [-0.05, 0) is 25.0 Å². The van der Waals surface area contributed by atoms with Crippen LogP contribution in [0.2, 0.25) is 0 Å². The van der Waals surface area contributed by atoms with E-state index in [1.807, 2.05) is 6.07 Å². The van der Waals surface area contributed by atoms with E-state index in [-0.39, 0.29) is 17.8 Å². The lowest BCUT2D eigenvalue weighted by Gasteiger charge is -2.23. The number of hydrogen-bond acceptors (Lipinski definition) is 4. The van der Waals surface area contributed by atoms with E-state index >= 15 is 0 Å². The molecule has 1 saturated heterocycles. The number of nitrogens with zero attached hydrogens (tertiary/aromatic N) is 3. The maximum absolute atomic E-state index is 12.5. The fourth-order valence-corrected chi connectivity index (χ4v) is 2.62. The van der Waals surface area contributed by atoms with Crippen molar-refractivity contribution in [3.8, 4) is 5.88 Å². The van der Waals surface area contributed by atoms with Crippen molar-refractivity contribution in [1.82, 2.24) is 20.1 Å². The summed E-state index contributed by atoms with van der Waals surface area (Å²) in [6.07, 6.45) is 4.65. The van der Waals surface area contributed by atoms with Crippen molar-refractivity contribution in [2.24, 2.45) is 0 Å². The van der Waals surface area contributed by atoms with Gasteiger partial charge < -0.3 is 9.64 Å². The highest BCUT2D eigenvalue weighted by Crippen LogP contribution is 2.31. The number of carbonyl (C=O) groups excluding carboxylic acids is 1. The van der Waals surface area contributed by atoms with Crippen molar-refractivity contribution in [1.29, 1.82) is 0 Å². The summed E-state index contributed by atoms with van der Waals surface area (Å²) in [5, 5.41) is 6.79. The average molecular weight is 308 g/mol. The zero-order valence-corrected chi connectivity index (χ0v) is 11.6. The molecule has 1 unspecified atom stereocenters. The van der Waals surface area contributed by atoms with Crippen LogP contribution in [0.5, 0.6) is 5.88 Å². The van der Waals surface area contributed by atoms with E-state index in [1.54, 1.807) is 11.1 Å². The first-order valence-corrected chi connectivity index (χ1v) is 6.86. The van der Waals surface area contributed by atoms with Gasteiger partial charge in [-0.2, -0.15) is 13.9 Å². The number of alkyl halides is 2. The maximum Gasteiger partial charge on any atom is 0.388 e. The quantitative estimate of drug-likeness (QED) is 0.941. The van der Waals surface area contributed by atoms with Crippen LogP contribution in [0.3, 0.4) is 0 Å². The molecule has 3 heterocycles. The molecule has 3 rings (SSSR count). The van der Waals surface area contributed by atoms with Crippen LogP contribution in [-0.2, 0) is 0 Å². The normalized spacial score (nSPS) is 18.0. The molecule has 0 spiro atoms. The summed E-state index contributed by atoms with van der Waals surface area (Å²) in [6, 6.07) is 4.50. The number of carbonyl (C=O) groups is 1. The smallest absolute Gasteiger partial charge is 0.388 e. The number of rotatable bonds is 4. The van der Waals surface area contributed by atoms with Gasteiger partial charge in [-0.1, -0.05) is 0 Å². The van der Waals surface area contributed by atoms with Crippen molar-refractivity contribution >= 4 is 5.91 Å². The summed E-state index contributed by atoms with van der Waals surface area (Å²) >= 11 is 0. The Morgan fingerprint density at radius 2 is 2.27 bits per heavy atom. The fraction of sp³-hybridized carbons (Fsp3) is 0.357. The predicted molar refractivity (Wildman–Crippen MR) is 72.5 cm³/mol. The number of halogens is 2. The number of aromatic amines is 1. The Hall–Kier alpha value is -2.51. The SMILES string of the molecule is O=C(c1ccc(OC(F)F)nc1)N1CCCC1c1ccn[nH]1. The summed E-state index contributed by atoms with van der Waals surface area (Å²) in [5.74, 6) is -0.397. The Labute approximate surface area is 125 Å². The Kier molecular flexibility index (Phi) is 3.99. The summed E-state index contributed by atoms with van der Waals surface area (Å²) in [5.41, 5.74) is 1.23. The highest BCUT2D eigenvalue weighted by Gasteiger charge is 2.31. The molecule has 2 aromatic heterocycles. The number of H-pyrrole nitrogens is 1. The molecule has 0 radical (unpaired) electrons. The number of likely N-dealkylation sites (tertiary alicyclic amines) is 1. The molecule has 22 heavy (non-hydrogen) atoms. The monoisotopic (exact) mass is 308 g/mol. The third kappa shape index (κ3) is 2.90. The maximum atomic E-state index is 12.5. The first-order chi connectivity index (χ1) is 10.6. The van der Waals surface area contributed by atoms with E-state index in [4.69, 9.17) is 0 Å². The summed E-state index contributed by atoms with van der Waals surface area (Å²) in [6.45, 7) is -2.30. The fourth-order valence-electron chi connectivity index (χ4n) is 2.62. The summed E-state index contributed by atoms with van der Waals surface area (Å²) < 4.78 is 28.3. The van der Waals surface area contributed by atoms with Crippen LogP contribution >= 0.6 is 0 Å². The van der Waals surface area contributed by atoms with Gasteiger partial charge in [0.2, 0.25) is 5.88 Å². The average Bonchev–Trinajstić information content (AvgIpc) is 3.17. The van der Waals surface area contributed by atoms with Gasteiger partial charge >= 0.3 is 6.61 Å². The van der Waals surface area contributed by atoms with Crippen molar-refractivity contribution in [2.75, 3.05) is 6.54 Å². The van der Waals surface area contributed by atoms with E-state index < -0.39 is 6.61 Å². The zero-order chi connectivity index (χ0) is 15.5. The molecule has 1 aliphatic heterocycles. The standard InChI is InChI=1S/C14H14F2N4O2/c15-14(16)22-12-4-3-9(8-17-12)13(21)20-7-1-2-11(20)10-5-6-18-19-10/h3-6,8,11,14H,1-2,7H2,(H,18,19). The number of nitrogens with one attached hydrogen (secondary N) is 1. The lowest BCUT2D eigenvalue weighted by atomic mass is 10.1. The van der Waals surface area contributed by atoms with E-state index in [0.29, 0.717) is 12.1 Å². The van der Waals surface area contributed by atoms with Crippen molar-refractivity contribution in [3.63, 3.8) is 0 Å². The highest BCUT2D eigenvalue weighted by molar-refractivity contribution is 5.94. The van der Waals surface area contributed by atoms with Crippen LogP contribution in [0.25, 0.3) is 0 Å². The number of pyridine rings is 1. The molecule has 2 aromatic rings. The van der Waals surface area contributed by atoms with Gasteiger partial charge in [0.05, 0.1) is 17.3 Å².